The maximum Gasteiger partial charge on any atom is 0.248 e. The third kappa shape index (κ3) is 5.13. The van der Waals surface area contributed by atoms with Crippen molar-refractivity contribution in [3.63, 3.8) is 0 Å². The summed E-state index contributed by atoms with van der Waals surface area (Å²) in [6.07, 6.45) is 7.52. The van der Waals surface area contributed by atoms with Gasteiger partial charge in [-0.1, -0.05) is 48.0 Å². The smallest absolute Gasteiger partial charge is 0.248 e. The molecule has 2 atom stereocenters. The maximum atomic E-state index is 14.1. The highest BCUT2D eigenvalue weighted by Crippen LogP contribution is 2.48. The molecule has 2 heterocycles. The molecule has 0 unspecified atom stereocenters. The number of benzene rings is 2. The number of halogens is 1. The zero-order chi connectivity index (χ0) is 28.7. The highest BCUT2D eigenvalue weighted by atomic mass is 32.2. The van der Waals surface area contributed by atoms with Crippen molar-refractivity contribution in [2.24, 2.45) is 11.8 Å². The fraction of sp³-hybridized carbons (Fsp3) is 0.344. The minimum Gasteiger partial charge on any atom is -0.360 e. The largest absolute Gasteiger partial charge is 0.360 e. The van der Waals surface area contributed by atoms with Crippen molar-refractivity contribution < 1.29 is 17.3 Å². The van der Waals surface area contributed by atoms with E-state index in [2.05, 4.69) is 35.7 Å². The Hall–Kier alpha value is -3.69. The van der Waals surface area contributed by atoms with Gasteiger partial charge in [-0.05, 0) is 86.9 Å². The van der Waals surface area contributed by atoms with E-state index in [9.17, 15) is 12.8 Å². The van der Waals surface area contributed by atoms with Crippen LogP contribution in [0.2, 0.25) is 0 Å². The van der Waals surface area contributed by atoms with E-state index in [1.54, 1.807) is 30.3 Å². The molecule has 9 heteroatoms. The summed E-state index contributed by atoms with van der Waals surface area (Å²) in [6, 6.07) is 16.6. The zero-order valence-corrected chi connectivity index (χ0v) is 24.4. The second-order valence-corrected chi connectivity index (χ2v) is 13.0. The number of nitrogens with zero attached hydrogens (tertiary/aromatic N) is 3. The summed E-state index contributed by atoms with van der Waals surface area (Å²) in [7, 11) is -3.81. The van der Waals surface area contributed by atoms with Crippen LogP contribution in [0.3, 0.4) is 0 Å². The first kappa shape index (κ1) is 27.5. The highest BCUT2D eigenvalue weighted by Gasteiger charge is 2.40. The van der Waals surface area contributed by atoms with E-state index in [1.807, 2.05) is 29.4 Å². The molecule has 214 valence electrons. The number of fused-ring (bicyclic) bond motifs is 1. The second kappa shape index (κ2) is 10.9. The van der Waals surface area contributed by atoms with Gasteiger partial charge in [0, 0.05) is 30.8 Å². The van der Waals surface area contributed by atoms with Crippen molar-refractivity contribution in [1.82, 2.24) is 14.9 Å². The van der Waals surface area contributed by atoms with Crippen LogP contribution in [-0.4, -0.2) is 31.0 Å². The molecular formula is C32H35FN4O3S. The molecule has 1 aromatic heterocycles. The third-order valence-corrected chi connectivity index (χ3v) is 10.6. The number of hydrazine groups is 1. The number of aryl methyl sites for hydroxylation is 3. The molecular weight excluding hydrogens is 539 g/mol. The van der Waals surface area contributed by atoms with Gasteiger partial charge in [0.15, 0.2) is 5.76 Å². The van der Waals surface area contributed by atoms with Crippen molar-refractivity contribution in [3.8, 4) is 0 Å². The summed E-state index contributed by atoms with van der Waals surface area (Å²) in [5, 5.41) is 5.92. The second-order valence-electron chi connectivity index (χ2n) is 11.1. The van der Waals surface area contributed by atoms with E-state index in [0.29, 0.717) is 31.0 Å². The van der Waals surface area contributed by atoms with Crippen LogP contribution in [0.4, 0.5) is 10.1 Å². The molecule has 0 spiro atoms. The van der Waals surface area contributed by atoms with Gasteiger partial charge in [0.1, 0.15) is 16.4 Å². The third-order valence-electron chi connectivity index (χ3n) is 8.49. The van der Waals surface area contributed by atoms with E-state index >= 15 is 0 Å². The SMILES string of the molecule is Cc1noc(C)c1S(=O)(=O)N(CCCc1ccccc1)C[C@H]1CCC2=C1[C@@H](C)C1=CNN(c3ccc(F)cc3)C1=C2. The summed E-state index contributed by atoms with van der Waals surface area (Å²) in [5.41, 5.74) is 10.6. The Bertz CT molecular complexity index is 1620. The predicted octanol–water partition coefficient (Wildman–Crippen LogP) is 6.20. The molecule has 3 aliphatic rings. The van der Waals surface area contributed by atoms with Gasteiger partial charge in [0.05, 0.1) is 11.4 Å². The lowest BCUT2D eigenvalue weighted by molar-refractivity contribution is 0.349. The van der Waals surface area contributed by atoms with E-state index in [4.69, 9.17) is 4.52 Å². The lowest BCUT2D eigenvalue weighted by Crippen LogP contribution is -2.37. The van der Waals surface area contributed by atoms with Crippen LogP contribution < -0.4 is 10.4 Å². The zero-order valence-electron chi connectivity index (χ0n) is 23.6. The number of rotatable bonds is 9. The summed E-state index contributed by atoms with van der Waals surface area (Å²) in [4.78, 5) is 0.181. The monoisotopic (exact) mass is 574 g/mol. The number of sulfonamides is 1. The van der Waals surface area contributed by atoms with Crippen LogP contribution in [0.25, 0.3) is 0 Å². The maximum absolute atomic E-state index is 14.1. The first-order valence-corrected chi connectivity index (χ1v) is 15.6. The quantitative estimate of drug-likeness (QED) is 0.328. The molecule has 6 rings (SSSR count). The normalized spacial score (nSPS) is 20.2. The summed E-state index contributed by atoms with van der Waals surface area (Å²) in [6.45, 7) is 6.37. The Labute approximate surface area is 241 Å². The molecule has 7 nitrogen and oxygen atoms in total. The van der Waals surface area contributed by atoms with Crippen molar-refractivity contribution in [1.29, 1.82) is 0 Å². The highest BCUT2D eigenvalue weighted by molar-refractivity contribution is 7.89. The van der Waals surface area contributed by atoms with E-state index in [0.717, 1.165) is 36.2 Å². The molecule has 0 saturated heterocycles. The number of anilines is 1. The molecule has 3 aromatic rings. The Morgan fingerprint density at radius 2 is 1.88 bits per heavy atom. The van der Waals surface area contributed by atoms with E-state index in [-0.39, 0.29) is 22.5 Å². The van der Waals surface area contributed by atoms with Crippen molar-refractivity contribution in [2.45, 2.75) is 51.3 Å². The molecule has 1 aliphatic heterocycles. The van der Waals surface area contributed by atoms with Crippen LogP contribution in [0, 0.1) is 31.5 Å². The average molecular weight is 575 g/mol. The number of hydrogen-bond acceptors (Lipinski definition) is 6. The molecule has 41 heavy (non-hydrogen) atoms. The van der Waals surface area contributed by atoms with Crippen molar-refractivity contribution in [2.75, 3.05) is 18.1 Å². The summed E-state index contributed by atoms with van der Waals surface area (Å²) < 4.78 is 48.6. The van der Waals surface area contributed by atoms with Crippen LogP contribution in [0.1, 0.15) is 43.2 Å². The first-order chi connectivity index (χ1) is 19.7. The Balaban J connectivity index is 1.28. The van der Waals surface area contributed by atoms with Crippen LogP contribution >= 0.6 is 0 Å². The standard InChI is InChI=1S/C32H35FN4O3S/c1-21-29-19-34-37(28-15-13-27(33)14-16-28)30(29)18-25-11-12-26(31(21)25)20-36(17-7-10-24-8-5-4-6-9-24)41(38,39)32-22(2)35-40-23(32)3/h4-6,8-9,13-16,18-19,21,26,34H,7,10-12,17,20H2,1-3H3/t21-,26+/m0/s1. The molecule has 1 N–H and O–H groups in total. The summed E-state index contributed by atoms with van der Waals surface area (Å²) in [5.74, 6) is 0.285. The van der Waals surface area contributed by atoms with Gasteiger partial charge in [0.25, 0.3) is 0 Å². The number of aromatic nitrogens is 1. The molecule has 0 amide bonds. The van der Waals surface area contributed by atoms with Gasteiger partial charge < -0.3 is 9.95 Å². The molecule has 0 radical (unpaired) electrons. The lowest BCUT2D eigenvalue weighted by Gasteiger charge is -2.32. The van der Waals surface area contributed by atoms with Gasteiger partial charge in [-0.2, -0.15) is 4.31 Å². The fourth-order valence-corrected chi connectivity index (χ4v) is 8.35. The van der Waals surface area contributed by atoms with Crippen molar-refractivity contribution in [3.05, 3.63) is 112 Å². The van der Waals surface area contributed by atoms with Gasteiger partial charge in [0.2, 0.25) is 10.0 Å². The summed E-state index contributed by atoms with van der Waals surface area (Å²) >= 11 is 0. The fourth-order valence-electron chi connectivity index (χ4n) is 6.54. The number of hydrogen-bond donors (Lipinski definition) is 1. The Kier molecular flexibility index (Phi) is 7.34. The van der Waals surface area contributed by atoms with Gasteiger partial charge in [-0.15, -0.1) is 0 Å². The van der Waals surface area contributed by atoms with Gasteiger partial charge in [-0.3, -0.25) is 5.01 Å². The van der Waals surface area contributed by atoms with Crippen LogP contribution in [0.15, 0.2) is 98.7 Å². The van der Waals surface area contributed by atoms with Gasteiger partial charge in [-0.25, -0.2) is 12.8 Å². The molecule has 2 aliphatic carbocycles. The van der Waals surface area contributed by atoms with Crippen molar-refractivity contribution >= 4 is 15.7 Å². The van der Waals surface area contributed by atoms with E-state index < -0.39 is 10.0 Å². The Morgan fingerprint density at radius 3 is 2.59 bits per heavy atom. The topological polar surface area (TPSA) is 78.7 Å². The molecule has 0 bridgehead atoms. The van der Waals surface area contributed by atoms with E-state index in [1.165, 1.54) is 28.8 Å². The number of nitrogens with one attached hydrogen (secondary N) is 1. The molecule has 0 saturated carbocycles. The molecule has 0 fully saturated rings. The Morgan fingerprint density at radius 1 is 1.12 bits per heavy atom. The predicted molar refractivity (Wildman–Crippen MR) is 157 cm³/mol. The average Bonchev–Trinajstić information content (AvgIpc) is 3.66. The van der Waals surface area contributed by atoms with Crippen LogP contribution in [0.5, 0.6) is 0 Å². The van der Waals surface area contributed by atoms with Gasteiger partial charge >= 0.3 is 0 Å². The molecule has 2 aromatic carbocycles. The number of allylic oxidation sites excluding steroid dienone is 3. The lowest BCUT2D eigenvalue weighted by atomic mass is 9.80. The minimum atomic E-state index is -3.81. The van der Waals surface area contributed by atoms with Crippen LogP contribution in [-0.2, 0) is 16.4 Å². The first-order valence-electron chi connectivity index (χ1n) is 14.2. The minimum absolute atomic E-state index is 0.102.